The topological polar surface area (TPSA) is 101 Å². The first-order valence-corrected chi connectivity index (χ1v) is 10.4. The second kappa shape index (κ2) is 10.2. The Balaban J connectivity index is 1.57. The van der Waals surface area contributed by atoms with E-state index in [0.717, 1.165) is 23.9 Å². The predicted molar refractivity (Wildman–Crippen MR) is 118 cm³/mol. The Labute approximate surface area is 190 Å². The van der Waals surface area contributed by atoms with Crippen molar-refractivity contribution in [2.24, 2.45) is 0 Å². The zero-order chi connectivity index (χ0) is 24.0. The van der Waals surface area contributed by atoms with Gasteiger partial charge < -0.3 is 10.6 Å². The number of non-ortho nitro benzene ring substituents is 1. The van der Waals surface area contributed by atoms with E-state index in [9.17, 15) is 32.9 Å². The number of amides is 2. The molecule has 0 heterocycles. The van der Waals surface area contributed by atoms with Gasteiger partial charge in [-0.05, 0) is 48.5 Å². The smallest absolute Gasteiger partial charge is 0.325 e. The molecule has 0 saturated heterocycles. The zero-order valence-electron chi connectivity index (χ0n) is 16.8. The van der Waals surface area contributed by atoms with Crippen LogP contribution >= 0.6 is 11.8 Å². The molecule has 0 atom stereocenters. The van der Waals surface area contributed by atoms with Gasteiger partial charge in [0, 0.05) is 34.0 Å². The van der Waals surface area contributed by atoms with Gasteiger partial charge >= 0.3 is 6.18 Å². The Morgan fingerprint density at radius 1 is 0.909 bits per heavy atom. The molecule has 3 aromatic carbocycles. The highest BCUT2D eigenvalue weighted by Crippen LogP contribution is 2.31. The third-order valence-corrected chi connectivity index (χ3v) is 5.27. The lowest BCUT2D eigenvalue weighted by Crippen LogP contribution is -2.15. The van der Waals surface area contributed by atoms with Crippen molar-refractivity contribution in [1.82, 2.24) is 0 Å². The second-order valence-electron chi connectivity index (χ2n) is 6.70. The van der Waals surface area contributed by atoms with Crippen LogP contribution in [0.4, 0.5) is 30.2 Å². The fraction of sp³-hybridized carbons (Fsp3) is 0.0909. The number of alkyl halides is 3. The minimum atomic E-state index is -4.51. The third kappa shape index (κ3) is 6.81. The molecule has 3 aromatic rings. The maximum atomic E-state index is 12.8. The number of thioether (sulfide) groups is 1. The molecule has 11 heteroatoms. The van der Waals surface area contributed by atoms with Crippen molar-refractivity contribution in [1.29, 1.82) is 0 Å². The number of carbonyl (C=O) groups excluding carboxylic acids is 2. The van der Waals surface area contributed by atoms with Gasteiger partial charge in [0.05, 0.1) is 16.2 Å². The molecule has 0 aliphatic heterocycles. The molecular formula is C22H16F3N3O4S. The van der Waals surface area contributed by atoms with Gasteiger partial charge in [-0.3, -0.25) is 19.7 Å². The van der Waals surface area contributed by atoms with E-state index in [0.29, 0.717) is 10.6 Å². The van der Waals surface area contributed by atoms with Gasteiger partial charge in [-0.2, -0.15) is 13.2 Å². The van der Waals surface area contributed by atoms with E-state index in [1.54, 1.807) is 24.3 Å². The molecule has 0 bridgehead atoms. The highest BCUT2D eigenvalue weighted by molar-refractivity contribution is 8.00. The van der Waals surface area contributed by atoms with Crippen LogP contribution in [0.5, 0.6) is 0 Å². The first kappa shape index (κ1) is 23.8. The summed E-state index contributed by atoms with van der Waals surface area (Å²) in [6.07, 6.45) is -4.51. The molecule has 7 nitrogen and oxygen atoms in total. The van der Waals surface area contributed by atoms with Gasteiger partial charge in [0.2, 0.25) is 5.91 Å². The molecule has 0 saturated carbocycles. The van der Waals surface area contributed by atoms with Crippen molar-refractivity contribution in [3.05, 3.63) is 94.0 Å². The zero-order valence-corrected chi connectivity index (χ0v) is 17.6. The van der Waals surface area contributed by atoms with E-state index < -0.39 is 28.5 Å². The molecular weight excluding hydrogens is 459 g/mol. The van der Waals surface area contributed by atoms with Crippen LogP contribution < -0.4 is 10.6 Å². The van der Waals surface area contributed by atoms with E-state index in [1.807, 2.05) is 0 Å². The number of nitrogens with one attached hydrogen (secondary N) is 2. The molecule has 0 aromatic heterocycles. The number of nitro groups is 1. The van der Waals surface area contributed by atoms with Crippen molar-refractivity contribution in [2.45, 2.75) is 11.1 Å². The van der Waals surface area contributed by atoms with Crippen molar-refractivity contribution >= 4 is 40.6 Å². The van der Waals surface area contributed by atoms with Crippen LogP contribution in [-0.4, -0.2) is 22.5 Å². The number of rotatable bonds is 7. The van der Waals surface area contributed by atoms with Gasteiger partial charge in [0.15, 0.2) is 0 Å². The molecule has 2 amide bonds. The number of hydrogen-bond donors (Lipinski definition) is 2. The average molecular weight is 475 g/mol. The van der Waals surface area contributed by atoms with E-state index in [2.05, 4.69) is 10.6 Å². The molecule has 3 rings (SSSR count). The molecule has 0 aliphatic carbocycles. The van der Waals surface area contributed by atoms with Crippen LogP contribution in [0, 0.1) is 10.1 Å². The number of anilines is 2. The first-order chi connectivity index (χ1) is 15.6. The molecule has 0 radical (unpaired) electrons. The largest absolute Gasteiger partial charge is 0.416 e. The van der Waals surface area contributed by atoms with E-state index in [1.165, 1.54) is 36.4 Å². The number of benzene rings is 3. The molecule has 0 spiro atoms. The summed E-state index contributed by atoms with van der Waals surface area (Å²) in [5, 5.41) is 15.8. The lowest BCUT2D eigenvalue weighted by atomic mass is 10.2. The number of nitro benzene ring substituents is 1. The van der Waals surface area contributed by atoms with Crippen molar-refractivity contribution < 1.29 is 27.7 Å². The average Bonchev–Trinajstić information content (AvgIpc) is 2.77. The number of halogens is 3. The Hall–Kier alpha value is -3.86. The van der Waals surface area contributed by atoms with Crippen molar-refractivity contribution in [3.8, 4) is 0 Å². The monoisotopic (exact) mass is 475 g/mol. The molecule has 33 heavy (non-hydrogen) atoms. The van der Waals surface area contributed by atoms with E-state index in [4.69, 9.17) is 0 Å². The Morgan fingerprint density at radius 3 is 2.18 bits per heavy atom. The maximum Gasteiger partial charge on any atom is 0.416 e. The molecule has 2 N–H and O–H groups in total. The Kier molecular flexibility index (Phi) is 7.34. The second-order valence-corrected chi connectivity index (χ2v) is 7.75. The summed E-state index contributed by atoms with van der Waals surface area (Å²) in [7, 11) is 0. The summed E-state index contributed by atoms with van der Waals surface area (Å²) in [5.74, 6) is -1.01. The highest BCUT2D eigenvalue weighted by Gasteiger charge is 2.30. The molecule has 0 fully saturated rings. The van der Waals surface area contributed by atoms with Crippen LogP contribution in [0.1, 0.15) is 15.9 Å². The number of nitrogens with zero attached hydrogens (tertiary/aromatic N) is 1. The highest BCUT2D eigenvalue weighted by atomic mass is 32.2. The minimum Gasteiger partial charge on any atom is -0.325 e. The number of carbonyl (C=O) groups is 2. The van der Waals surface area contributed by atoms with Gasteiger partial charge in [-0.15, -0.1) is 11.8 Å². The summed E-state index contributed by atoms with van der Waals surface area (Å²) in [5.41, 5.74) is -0.266. The van der Waals surface area contributed by atoms with Gasteiger partial charge in [0.1, 0.15) is 0 Å². The van der Waals surface area contributed by atoms with Gasteiger partial charge in [0.25, 0.3) is 11.6 Å². The van der Waals surface area contributed by atoms with E-state index >= 15 is 0 Å². The lowest BCUT2D eigenvalue weighted by Gasteiger charge is -2.10. The fourth-order valence-corrected chi connectivity index (χ4v) is 3.48. The standard InChI is InChI=1S/C22H16F3N3O4S/c23-22(24,25)15-3-1-4-16(11-15)26-20(29)13-33-19-6-2-5-17(12-19)27-21(30)14-7-9-18(10-8-14)28(31)32/h1-12H,13H2,(H,26,29)(H,27,30). The third-order valence-electron chi connectivity index (χ3n) is 4.28. The van der Waals surface area contributed by atoms with Crippen molar-refractivity contribution in [2.75, 3.05) is 16.4 Å². The Morgan fingerprint density at radius 2 is 1.55 bits per heavy atom. The van der Waals surface area contributed by atoms with Crippen LogP contribution in [0.3, 0.4) is 0 Å². The van der Waals surface area contributed by atoms with E-state index in [-0.39, 0.29) is 22.7 Å². The Bertz CT molecular complexity index is 1180. The van der Waals surface area contributed by atoms with Crippen LogP contribution in [0.25, 0.3) is 0 Å². The lowest BCUT2D eigenvalue weighted by molar-refractivity contribution is -0.384. The fourth-order valence-electron chi connectivity index (χ4n) is 2.72. The maximum absolute atomic E-state index is 12.8. The summed E-state index contributed by atoms with van der Waals surface area (Å²) in [6.45, 7) is 0. The number of hydrogen-bond acceptors (Lipinski definition) is 5. The minimum absolute atomic E-state index is 0.0412. The summed E-state index contributed by atoms with van der Waals surface area (Å²) in [6, 6.07) is 16.1. The van der Waals surface area contributed by atoms with Crippen molar-refractivity contribution in [3.63, 3.8) is 0 Å². The quantitative estimate of drug-likeness (QED) is 0.263. The molecule has 0 aliphatic rings. The summed E-state index contributed by atoms with van der Waals surface area (Å²) >= 11 is 1.14. The summed E-state index contributed by atoms with van der Waals surface area (Å²) < 4.78 is 38.4. The molecule has 170 valence electrons. The normalized spacial score (nSPS) is 11.0. The van der Waals surface area contributed by atoms with Crippen LogP contribution in [0.15, 0.2) is 77.7 Å². The predicted octanol–water partition coefficient (Wildman–Crippen LogP) is 5.60. The molecule has 0 unspecified atom stereocenters. The van der Waals surface area contributed by atoms with Gasteiger partial charge in [-0.25, -0.2) is 0 Å². The van der Waals surface area contributed by atoms with Crippen LogP contribution in [-0.2, 0) is 11.0 Å². The SMILES string of the molecule is O=C(CSc1cccc(NC(=O)c2ccc([N+](=O)[O-])cc2)c1)Nc1cccc(C(F)(F)F)c1. The van der Waals surface area contributed by atoms with Gasteiger partial charge in [-0.1, -0.05) is 12.1 Å². The first-order valence-electron chi connectivity index (χ1n) is 9.37. The summed E-state index contributed by atoms with van der Waals surface area (Å²) in [4.78, 5) is 35.3. The van der Waals surface area contributed by atoms with Crippen LogP contribution in [0.2, 0.25) is 0 Å².